The average molecular weight is 427 g/mol. The van der Waals surface area contributed by atoms with E-state index >= 15 is 0 Å². The number of carbonyl (C=O) groups excluding carboxylic acids is 2. The predicted octanol–water partition coefficient (Wildman–Crippen LogP) is 2.77. The molecule has 0 atom stereocenters. The summed E-state index contributed by atoms with van der Waals surface area (Å²) in [7, 11) is 2.20. The van der Waals surface area contributed by atoms with Crippen molar-refractivity contribution in [2.45, 2.75) is 0 Å². The molecule has 0 radical (unpaired) electrons. The van der Waals surface area contributed by atoms with Gasteiger partial charge in [-0.3, -0.25) is 0 Å². The zero-order valence-electron chi connectivity index (χ0n) is 12.5. The maximum atomic E-state index is 14.4. The predicted molar refractivity (Wildman–Crippen MR) is 83.4 cm³/mol. The average Bonchev–Trinajstić information content (AvgIpc) is 2.58. The summed E-state index contributed by atoms with van der Waals surface area (Å²) in [5, 5.41) is -0.446. The Morgan fingerprint density at radius 3 is 2.50 bits per heavy atom. The van der Waals surface area contributed by atoms with Gasteiger partial charge in [-0.25, -0.2) is 18.4 Å². The summed E-state index contributed by atoms with van der Waals surface area (Å²) in [4.78, 5) is 25.0. The lowest BCUT2D eigenvalue weighted by atomic mass is 10.1. The summed E-state index contributed by atoms with van der Waals surface area (Å²) in [6.45, 7) is -0.565. The number of esters is 2. The molecule has 0 N–H and O–H groups in total. The fourth-order valence-corrected chi connectivity index (χ4v) is 3.05. The fraction of sp³-hybridized carbons (Fsp3) is 0.286. The van der Waals surface area contributed by atoms with Crippen LogP contribution in [0.5, 0.6) is 0 Å². The van der Waals surface area contributed by atoms with Gasteiger partial charge in [-0.15, -0.1) is 0 Å². The molecule has 0 aromatic heterocycles. The first-order valence-corrected chi connectivity index (χ1v) is 7.58. The Hall–Kier alpha value is -1.71. The van der Waals surface area contributed by atoms with Crippen molar-refractivity contribution in [3.05, 3.63) is 38.5 Å². The first-order chi connectivity index (χ1) is 11.3. The lowest BCUT2D eigenvalue weighted by Crippen LogP contribution is -2.39. The molecular formula is C14H11BrClF2NO5. The van der Waals surface area contributed by atoms with Gasteiger partial charge in [0, 0.05) is 0 Å². The molecule has 0 saturated carbocycles. The lowest BCUT2D eigenvalue weighted by Gasteiger charge is -2.32. The normalized spacial score (nSPS) is 14.7. The van der Waals surface area contributed by atoms with E-state index in [9.17, 15) is 18.4 Å². The van der Waals surface area contributed by atoms with Gasteiger partial charge < -0.3 is 19.1 Å². The highest BCUT2D eigenvalue weighted by Crippen LogP contribution is 2.39. The Labute approximate surface area is 149 Å². The quantitative estimate of drug-likeness (QED) is 0.421. The van der Waals surface area contributed by atoms with Gasteiger partial charge in [0.15, 0.2) is 5.82 Å². The number of nitrogens with zero attached hydrogens (tertiary/aromatic N) is 1. The minimum absolute atomic E-state index is 0.183. The molecule has 0 amide bonds. The number of carbonyl (C=O) groups is 2. The Balaban J connectivity index is 2.71. The molecule has 6 nitrogen and oxygen atoms in total. The number of hydrogen-bond acceptors (Lipinski definition) is 6. The molecule has 1 aromatic rings. The van der Waals surface area contributed by atoms with Gasteiger partial charge in [0.2, 0.25) is 0 Å². The van der Waals surface area contributed by atoms with Crippen molar-refractivity contribution < 1.29 is 32.6 Å². The van der Waals surface area contributed by atoms with Crippen LogP contribution in [-0.2, 0) is 23.8 Å². The van der Waals surface area contributed by atoms with Crippen LogP contribution in [0.15, 0.2) is 21.8 Å². The molecular weight excluding hydrogens is 416 g/mol. The molecule has 0 spiro atoms. The van der Waals surface area contributed by atoms with Crippen LogP contribution < -0.4 is 4.90 Å². The summed E-state index contributed by atoms with van der Waals surface area (Å²) in [6.07, 6.45) is 0. The second kappa shape index (κ2) is 7.45. The molecule has 0 bridgehead atoms. The first-order valence-electron chi connectivity index (χ1n) is 6.41. The summed E-state index contributed by atoms with van der Waals surface area (Å²) in [5.41, 5.74) is -0.854. The lowest BCUT2D eigenvalue weighted by molar-refractivity contribution is -0.140. The SMILES string of the molecule is COC(=O)C1=C(C(=O)OC)N(c2c(F)cc(Cl)c(F)c2Br)COC1. The number of anilines is 1. The molecule has 1 aromatic carbocycles. The Bertz CT molecular complexity index is 740. The van der Waals surface area contributed by atoms with E-state index in [0.717, 1.165) is 25.2 Å². The number of rotatable bonds is 3. The number of ether oxygens (including phenoxy) is 3. The van der Waals surface area contributed by atoms with E-state index in [2.05, 4.69) is 25.4 Å². The molecule has 1 aliphatic heterocycles. The summed E-state index contributed by atoms with van der Waals surface area (Å²) >= 11 is 8.49. The van der Waals surface area contributed by atoms with Crippen LogP contribution in [0.3, 0.4) is 0 Å². The van der Waals surface area contributed by atoms with Crippen LogP contribution in [-0.4, -0.2) is 39.5 Å². The van der Waals surface area contributed by atoms with Crippen LogP contribution in [0, 0.1) is 11.6 Å². The van der Waals surface area contributed by atoms with Gasteiger partial charge >= 0.3 is 11.9 Å². The van der Waals surface area contributed by atoms with E-state index in [1.807, 2.05) is 0 Å². The third-order valence-corrected chi connectivity index (χ3v) is 4.19. The third-order valence-electron chi connectivity index (χ3n) is 3.19. The fourth-order valence-electron chi connectivity index (χ4n) is 2.12. The van der Waals surface area contributed by atoms with E-state index in [-0.39, 0.29) is 34.8 Å². The molecule has 0 aliphatic carbocycles. The second-order valence-electron chi connectivity index (χ2n) is 4.53. The summed E-state index contributed by atoms with van der Waals surface area (Å²) < 4.78 is 42.5. The van der Waals surface area contributed by atoms with Crippen LogP contribution in [0.25, 0.3) is 0 Å². The van der Waals surface area contributed by atoms with Crippen LogP contribution in [0.2, 0.25) is 5.02 Å². The van der Waals surface area contributed by atoms with Gasteiger partial charge in [-0.1, -0.05) is 11.6 Å². The van der Waals surface area contributed by atoms with Gasteiger partial charge in [0.25, 0.3) is 0 Å². The van der Waals surface area contributed by atoms with Crippen molar-refractivity contribution in [3.63, 3.8) is 0 Å². The smallest absolute Gasteiger partial charge is 0.355 e. The summed E-state index contributed by atoms with van der Waals surface area (Å²) in [5.74, 6) is -3.64. The highest BCUT2D eigenvalue weighted by Gasteiger charge is 2.35. The minimum atomic E-state index is -0.930. The van der Waals surface area contributed by atoms with Gasteiger partial charge in [-0.05, 0) is 22.0 Å². The third kappa shape index (κ3) is 3.24. The summed E-state index contributed by atoms with van der Waals surface area (Å²) in [6, 6.07) is 0.748. The van der Waals surface area contributed by atoms with Crippen LogP contribution in [0.1, 0.15) is 0 Å². The molecule has 2 rings (SSSR count). The maximum Gasteiger partial charge on any atom is 0.355 e. The number of methoxy groups -OCH3 is 2. The van der Waals surface area contributed by atoms with Crippen LogP contribution >= 0.6 is 27.5 Å². The molecule has 130 valence electrons. The minimum Gasteiger partial charge on any atom is -0.466 e. The van der Waals surface area contributed by atoms with Crippen molar-refractivity contribution in [2.24, 2.45) is 0 Å². The zero-order valence-corrected chi connectivity index (χ0v) is 14.8. The Kier molecular flexibility index (Phi) is 5.79. The number of benzene rings is 1. The molecule has 10 heteroatoms. The van der Waals surface area contributed by atoms with E-state index in [1.165, 1.54) is 0 Å². The van der Waals surface area contributed by atoms with Crippen molar-refractivity contribution in [1.29, 1.82) is 0 Å². The molecule has 1 aliphatic rings. The van der Waals surface area contributed by atoms with Gasteiger partial charge in [-0.2, -0.15) is 0 Å². The monoisotopic (exact) mass is 425 g/mol. The van der Waals surface area contributed by atoms with Crippen molar-refractivity contribution in [3.8, 4) is 0 Å². The maximum absolute atomic E-state index is 14.4. The first kappa shape index (κ1) is 18.6. The topological polar surface area (TPSA) is 65.1 Å². The van der Waals surface area contributed by atoms with E-state index in [1.54, 1.807) is 0 Å². The Morgan fingerprint density at radius 1 is 1.29 bits per heavy atom. The molecule has 0 fully saturated rings. The molecule has 24 heavy (non-hydrogen) atoms. The largest absolute Gasteiger partial charge is 0.466 e. The van der Waals surface area contributed by atoms with Crippen molar-refractivity contribution >= 4 is 45.2 Å². The molecule has 0 saturated heterocycles. The highest BCUT2D eigenvalue weighted by molar-refractivity contribution is 9.10. The number of hydrogen-bond donors (Lipinski definition) is 0. The molecule has 1 heterocycles. The molecule has 0 unspecified atom stereocenters. The van der Waals surface area contributed by atoms with E-state index in [4.69, 9.17) is 16.3 Å². The van der Waals surface area contributed by atoms with Crippen molar-refractivity contribution in [2.75, 3.05) is 32.5 Å². The number of halogens is 4. The van der Waals surface area contributed by atoms with Gasteiger partial charge in [0.1, 0.15) is 18.2 Å². The van der Waals surface area contributed by atoms with E-state index in [0.29, 0.717) is 0 Å². The van der Waals surface area contributed by atoms with Crippen LogP contribution in [0.4, 0.5) is 14.5 Å². The van der Waals surface area contributed by atoms with Gasteiger partial charge in [0.05, 0.1) is 41.6 Å². The Morgan fingerprint density at radius 2 is 1.92 bits per heavy atom. The van der Waals surface area contributed by atoms with Crippen molar-refractivity contribution in [1.82, 2.24) is 0 Å². The standard InChI is InChI=1S/C14H11BrClF2NO5/c1-22-13(20)6-4-24-5-19(11(6)14(21)23-2)12-8(17)3-7(16)10(18)9(12)15/h3H,4-5H2,1-2H3. The highest BCUT2D eigenvalue weighted by atomic mass is 79.9. The second-order valence-corrected chi connectivity index (χ2v) is 5.73. The van der Waals surface area contributed by atoms with E-state index < -0.39 is 28.6 Å². The zero-order chi connectivity index (χ0) is 18.0.